The molecular formula is C22H31NO2. The van der Waals surface area contributed by atoms with Gasteiger partial charge in [0.2, 0.25) is 5.91 Å². The molecule has 136 valence electrons. The van der Waals surface area contributed by atoms with E-state index in [1.165, 1.54) is 30.4 Å². The van der Waals surface area contributed by atoms with Crippen molar-refractivity contribution in [2.45, 2.75) is 63.8 Å². The molecule has 0 spiro atoms. The molecule has 1 aromatic rings. The van der Waals surface area contributed by atoms with Gasteiger partial charge in [0.05, 0.1) is 12.0 Å². The number of carbonyl (C=O) groups excluding carboxylic acids is 1. The van der Waals surface area contributed by atoms with Gasteiger partial charge in [-0.25, -0.2) is 0 Å². The number of amides is 1. The van der Waals surface area contributed by atoms with E-state index in [0.717, 1.165) is 19.3 Å². The number of hydrogen-bond donors (Lipinski definition) is 1. The molecule has 3 unspecified atom stereocenters. The fraction of sp³-hybridized carbons (Fsp3) is 0.682. The van der Waals surface area contributed by atoms with Crippen molar-refractivity contribution in [3.63, 3.8) is 0 Å². The monoisotopic (exact) mass is 341 g/mol. The predicted molar refractivity (Wildman–Crippen MR) is 99.5 cm³/mol. The highest BCUT2D eigenvalue weighted by atomic mass is 16.5. The number of aryl methyl sites for hydroxylation is 1. The lowest BCUT2D eigenvalue weighted by Gasteiger charge is -2.61. The first-order valence-corrected chi connectivity index (χ1v) is 9.82. The fourth-order valence-electron chi connectivity index (χ4n) is 6.44. The number of methoxy groups -OCH3 is 1. The van der Waals surface area contributed by atoms with E-state index in [2.05, 4.69) is 36.5 Å². The van der Waals surface area contributed by atoms with Crippen LogP contribution >= 0.6 is 0 Å². The Balaban J connectivity index is 1.62. The van der Waals surface area contributed by atoms with Crippen LogP contribution in [0, 0.1) is 24.2 Å². The fourth-order valence-corrected chi connectivity index (χ4v) is 6.44. The summed E-state index contributed by atoms with van der Waals surface area (Å²) in [5, 5.41) is 3.25. The summed E-state index contributed by atoms with van der Waals surface area (Å²) in [4.78, 5) is 13.2. The van der Waals surface area contributed by atoms with Crippen molar-refractivity contribution in [1.82, 2.24) is 5.32 Å². The Morgan fingerprint density at radius 2 is 1.84 bits per heavy atom. The zero-order valence-electron chi connectivity index (χ0n) is 15.8. The van der Waals surface area contributed by atoms with Gasteiger partial charge in [0.25, 0.3) is 0 Å². The third-order valence-corrected chi connectivity index (χ3v) is 7.00. The van der Waals surface area contributed by atoms with E-state index < -0.39 is 0 Å². The van der Waals surface area contributed by atoms with Crippen LogP contribution in [0.15, 0.2) is 24.3 Å². The number of benzene rings is 1. The second kappa shape index (κ2) is 6.12. The van der Waals surface area contributed by atoms with Crippen LogP contribution in [0.25, 0.3) is 0 Å². The molecule has 1 amide bonds. The van der Waals surface area contributed by atoms with Crippen LogP contribution < -0.4 is 5.32 Å². The SMILES string of the molecule is COCC(C)NC(=O)C12CC3CC(C1)CC(c1ccc(C)cc1)(C3)C2. The number of ether oxygens (including phenoxy) is 1. The lowest BCUT2D eigenvalue weighted by molar-refractivity contribution is -0.150. The smallest absolute Gasteiger partial charge is 0.226 e. The molecule has 0 aromatic heterocycles. The Labute approximate surface area is 151 Å². The number of nitrogens with one attached hydrogen (secondary N) is 1. The maximum Gasteiger partial charge on any atom is 0.226 e. The van der Waals surface area contributed by atoms with E-state index in [0.29, 0.717) is 18.4 Å². The summed E-state index contributed by atoms with van der Waals surface area (Å²) in [6, 6.07) is 9.20. The minimum absolute atomic E-state index is 0.0841. The molecule has 1 aromatic carbocycles. The minimum Gasteiger partial charge on any atom is -0.383 e. The second-order valence-corrected chi connectivity index (χ2v) is 9.22. The van der Waals surface area contributed by atoms with E-state index in [1.807, 2.05) is 6.92 Å². The van der Waals surface area contributed by atoms with Crippen molar-refractivity contribution >= 4 is 5.91 Å². The van der Waals surface area contributed by atoms with Crippen LogP contribution in [-0.2, 0) is 14.9 Å². The Bertz CT molecular complexity index is 636. The van der Waals surface area contributed by atoms with Crippen LogP contribution in [0.3, 0.4) is 0 Å². The van der Waals surface area contributed by atoms with Crippen LogP contribution in [0.2, 0.25) is 0 Å². The number of rotatable bonds is 5. The maximum absolute atomic E-state index is 13.2. The first-order chi connectivity index (χ1) is 11.9. The van der Waals surface area contributed by atoms with E-state index in [4.69, 9.17) is 4.74 Å². The molecule has 0 heterocycles. The van der Waals surface area contributed by atoms with Gasteiger partial charge in [-0.05, 0) is 75.2 Å². The average molecular weight is 341 g/mol. The van der Waals surface area contributed by atoms with Gasteiger partial charge in [0.15, 0.2) is 0 Å². The summed E-state index contributed by atoms with van der Waals surface area (Å²) < 4.78 is 5.21. The van der Waals surface area contributed by atoms with Crippen LogP contribution in [0.4, 0.5) is 0 Å². The van der Waals surface area contributed by atoms with E-state index in [-0.39, 0.29) is 22.8 Å². The molecule has 0 radical (unpaired) electrons. The molecule has 3 nitrogen and oxygen atoms in total. The molecule has 4 fully saturated rings. The normalized spacial score (nSPS) is 37.1. The Morgan fingerprint density at radius 1 is 1.20 bits per heavy atom. The molecule has 25 heavy (non-hydrogen) atoms. The molecule has 3 heteroatoms. The van der Waals surface area contributed by atoms with Crippen LogP contribution in [-0.4, -0.2) is 25.7 Å². The number of carbonyl (C=O) groups is 1. The van der Waals surface area contributed by atoms with Gasteiger partial charge in [0, 0.05) is 13.2 Å². The standard InChI is InChI=1S/C22H31NO2/c1-15-4-6-19(7-5-15)21-9-17-8-18(10-21)12-22(11-17,14-21)20(24)23-16(2)13-25-3/h4-7,16-18H,8-14H2,1-3H3,(H,23,24). The number of hydrogen-bond acceptors (Lipinski definition) is 2. The predicted octanol–water partition coefficient (Wildman–Crippen LogP) is 3.98. The lowest BCUT2D eigenvalue weighted by Crippen LogP contribution is -2.60. The Hall–Kier alpha value is -1.35. The van der Waals surface area contributed by atoms with Crippen molar-refractivity contribution in [3.8, 4) is 0 Å². The molecule has 4 saturated carbocycles. The quantitative estimate of drug-likeness (QED) is 0.879. The van der Waals surface area contributed by atoms with Crippen molar-refractivity contribution < 1.29 is 9.53 Å². The molecule has 3 atom stereocenters. The van der Waals surface area contributed by atoms with Crippen molar-refractivity contribution in [2.75, 3.05) is 13.7 Å². The van der Waals surface area contributed by atoms with Crippen LogP contribution in [0.5, 0.6) is 0 Å². The largest absolute Gasteiger partial charge is 0.383 e. The average Bonchev–Trinajstić information content (AvgIpc) is 2.54. The lowest BCUT2D eigenvalue weighted by atomic mass is 9.42. The Morgan fingerprint density at radius 3 is 2.44 bits per heavy atom. The van der Waals surface area contributed by atoms with E-state index in [9.17, 15) is 4.79 Å². The second-order valence-electron chi connectivity index (χ2n) is 9.22. The minimum atomic E-state index is -0.156. The molecule has 4 aliphatic rings. The zero-order chi connectivity index (χ0) is 17.7. The first-order valence-electron chi connectivity index (χ1n) is 9.82. The molecule has 0 saturated heterocycles. The maximum atomic E-state index is 13.2. The molecule has 4 bridgehead atoms. The van der Waals surface area contributed by atoms with Crippen molar-refractivity contribution in [2.24, 2.45) is 17.3 Å². The third kappa shape index (κ3) is 2.91. The first kappa shape index (κ1) is 17.1. The highest BCUT2D eigenvalue weighted by molar-refractivity contribution is 5.83. The van der Waals surface area contributed by atoms with Gasteiger partial charge < -0.3 is 10.1 Å². The highest BCUT2D eigenvalue weighted by Crippen LogP contribution is 2.65. The van der Waals surface area contributed by atoms with Crippen molar-refractivity contribution in [1.29, 1.82) is 0 Å². The molecule has 1 N–H and O–H groups in total. The van der Waals surface area contributed by atoms with Crippen molar-refractivity contribution in [3.05, 3.63) is 35.4 Å². The molecular weight excluding hydrogens is 310 g/mol. The Kier molecular flexibility index (Phi) is 4.18. The zero-order valence-corrected chi connectivity index (χ0v) is 15.8. The van der Waals surface area contributed by atoms with Gasteiger partial charge in [-0.3, -0.25) is 4.79 Å². The summed E-state index contributed by atoms with van der Waals surface area (Å²) in [6.45, 7) is 4.77. The van der Waals surface area contributed by atoms with Gasteiger partial charge in [0.1, 0.15) is 0 Å². The summed E-state index contributed by atoms with van der Waals surface area (Å²) in [6.07, 6.45) is 7.08. The van der Waals surface area contributed by atoms with Gasteiger partial charge >= 0.3 is 0 Å². The topological polar surface area (TPSA) is 38.3 Å². The van der Waals surface area contributed by atoms with E-state index in [1.54, 1.807) is 7.11 Å². The third-order valence-electron chi connectivity index (χ3n) is 7.00. The summed E-state index contributed by atoms with van der Waals surface area (Å²) >= 11 is 0. The summed E-state index contributed by atoms with van der Waals surface area (Å²) in [5.74, 6) is 1.71. The molecule has 4 aliphatic carbocycles. The van der Waals surface area contributed by atoms with Gasteiger partial charge in [-0.2, -0.15) is 0 Å². The summed E-state index contributed by atoms with van der Waals surface area (Å²) in [7, 11) is 1.69. The van der Waals surface area contributed by atoms with Crippen LogP contribution in [0.1, 0.15) is 56.6 Å². The van der Waals surface area contributed by atoms with Gasteiger partial charge in [-0.1, -0.05) is 29.8 Å². The molecule has 5 rings (SSSR count). The molecule has 0 aliphatic heterocycles. The van der Waals surface area contributed by atoms with E-state index >= 15 is 0 Å². The highest BCUT2D eigenvalue weighted by Gasteiger charge is 2.60. The van der Waals surface area contributed by atoms with Gasteiger partial charge in [-0.15, -0.1) is 0 Å². The summed E-state index contributed by atoms with van der Waals surface area (Å²) in [5.41, 5.74) is 2.85.